The summed E-state index contributed by atoms with van der Waals surface area (Å²) >= 11 is 0. The van der Waals surface area contributed by atoms with Crippen LogP contribution in [-0.2, 0) is 26.9 Å². The number of hydrogen-bond acceptors (Lipinski definition) is 7. The van der Waals surface area contributed by atoms with Gasteiger partial charge in [0.15, 0.2) is 12.9 Å². The zero-order valence-corrected chi connectivity index (χ0v) is 26.7. The van der Waals surface area contributed by atoms with Crippen LogP contribution in [0.4, 0.5) is 0 Å². The third kappa shape index (κ3) is 6.36. The second-order valence-electron chi connectivity index (χ2n) is 12.1. The molecule has 8 nitrogen and oxygen atoms in total. The molecule has 3 aromatic carbocycles. The van der Waals surface area contributed by atoms with Crippen LogP contribution >= 0.6 is 0 Å². The number of carbonyl (C=O) groups is 2. The van der Waals surface area contributed by atoms with Gasteiger partial charge in [-0.25, -0.2) is 0 Å². The van der Waals surface area contributed by atoms with Gasteiger partial charge >= 0.3 is 0 Å². The third-order valence-corrected chi connectivity index (χ3v) is 9.47. The molecule has 1 aliphatic carbocycles. The third-order valence-electron chi connectivity index (χ3n) is 8.15. The SMILES string of the molecule is CC1=CC(C)(c2ccccc2C(=O)COc2c(C=O)ccc3c2C=CC(C)(C)O3)C(OCc2ccccc2)=C(C)C1S(=O)(=O)O. The summed E-state index contributed by atoms with van der Waals surface area (Å²) in [7, 11) is -4.50. The Morgan fingerprint density at radius 2 is 1.67 bits per heavy atom. The van der Waals surface area contributed by atoms with Gasteiger partial charge in [-0.15, -0.1) is 0 Å². The van der Waals surface area contributed by atoms with E-state index in [0.29, 0.717) is 45.6 Å². The fourth-order valence-corrected chi connectivity index (χ4v) is 7.31. The molecule has 234 valence electrons. The topological polar surface area (TPSA) is 116 Å². The van der Waals surface area contributed by atoms with Gasteiger partial charge in [0.1, 0.15) is 34.7 Å². The molecule has 0 fully saturated rings. The van der Waals surface area contributed by atoms with Crippen LogP contribution < -0.4 is 9.47 Å². The quantitative estimate of drug-likeness (QED) is 0.111. The van der Waals surface area contributed by atoms with Crippen molar-refractivity contribution < 1.29 is 36.8 Å². The van der Waals surface area contributed by atoms with Crippen LogP contribution in [0.5, 0.6) is 11.5 Å². The highest BCUT2D eigenvalue weighted by atomic mass is 32.2. The average molecular weight is 629 g/mol. The Morgan fingerprint density at radius 1 is 0.978 bits per heavy atom. The van der Waals surface area contributed by atoms with Gasteiger partial charge in [0.05, 0.1) is 16.5 Å². The summed E-state index contributed by atoms with van der Waals surface area (Å²) in [5.74, 6) is 0.759. The van der Waals surface area contributed by atoms with Crippen LogP contribution in [0.15, 0.2) is 95.8 Å². The molecule has 0 aromatic heterocycles. The molecule has 45 heavy (non-hydrogen) atoms. The zero-order chi connectivity index (χ0) is 32.6. The number of ketones is 1. The van der Waals surface area contributed by atoms with Gasteiger partial charge in [0.25, 0.3) is 10.1 Å². The smallest absolute Gasteiger partial charge is 0.275 e. The lowest BCUT2D eigenvalue weighted by molar-refractivity contribution is 0.0913. The molecule has 0 spiro atoms. The molecule has 0 amide bonds. The first-order valence-corrected chi connectivity index (χ1v) is 16.0. The maximum atomic E-state index is 13.9. The molecule has 1 N–H and O–H groups in total. The zero-order valence-electron chi connectivity index (χ0n) is 25.9. The van der Waals surface area contributed by atoms with Gasteiger partial charge in [-0.1, -0.05) is 66.2 Å². The van der Waals surface area contributed by atoms with Crippen molar-refractivity contribution in [2.45, 2.75) is 57.5 Å². The number of ether oxygens (including phenoxy) is 3. The van der Waals surface area contributed by atoms with Gasteiger partial charge in [-0.2, -0.15) is 8.42 Å². The summed E-state index contributed by atoms with van der Waals surface area (Å²) in [5.41, 5.74) is 1.77. The molecular formula is C36H36O8S. The molecule has 0 radical (unpaired) electrons. The summed E-state index contributed by atoms with van der Waals surface area (Å²) < 4.78 is 53.5. The summed E-state index contributed by atoms with van der Waals surface area (Å²) in [6.45, 7) is 8.71. The number of carbonyl (C=O) groups excluding carboxylic acids is 2. The van der Waals surface area contributed by atoms with Gasteiger partial charge in [0, 0.05) is 5.56 Å². The van der Waals surface area contributed by atoms with Crippen molar-refractivity contribution >= 4 is 28.3 Å². The van der Waals surface area contributed by atoms with E-state index in [1.165, 1.54) is 0 Å². The normalized spacial score (nSPS) is 20.5. The molecule has 0 saturated heterocycles. The summed E-state index contributed by atoms with van der Waals surface area (Å²) in [4.78, 5) is 25.8. The molecule has 2 atom stereocenters. The predicted octanol–water partition coefficient (Wildman–Crippen LogP) is 6.91. The number of allylic oxidation sites excluding steroid dienone is 1. The monoisotopic (exact) mass is 628 g/mol. The van der Waals surface area contributed by atoms with Gasteiger partial charge in [-0.05, 0) is 75.6 Å². The summed E-state index contributed by atoms with van der Waals surface area (Å²) in [6, 6.07) is 19.7. The molecule has 0 bridgehead atoms. The average Bonchev–Trinajstić information content (AvgIpc) is 2.98. The number of aldehydes is 1. The Labute approximate surface area is 263 Å². The van der Waals surface area contributed by atoms with E-state index in [2.05, 4.69) is 0 Å². The van der Waals surface area contributed by atoms with Crippen molar-refractivity contribution in [3.8, 4) is 11.5 Å². The molecule has 2 unspecified atom stereocenters. The fraction of sp³-hybridized carbons (Fsp3) is 0.278. The first-order chi connectivity index (χ1) is 21.2. The first-order valence-electron chi connectivity index (χ1n) is 14.5. The maximum absolute atomic E-state index is 13.9. The summed E-state index contributed by atoms with van der Waals surface area (Å²) in [5, 5.41) is -1.28. The van der Waals surface area contributed by atoms with Crippen LogP contribution in [0.25, 0.3) is 6.08 Å². The maximum Gasteiger partial charge on any atom is 0.275 e. The van der Waals surface area contributed by atoms with Crippen molar-refractivity contribution in [3.05, 3.63) is 124 Å². The van der Waals surface area contributed by atoms with Crippen LogP contribution in [-0.4, -0.2) is 42.5 Å². The lowest BCUT2D eigenvalue weighted by Crippen LogP contribution is -2.37. The van der Waals surface area contributed by atoms with Crippen LogP contribution in [0.3, 0.4) is 0 Å². The highest BCUT2D eigenvalue weighted by Gasteiger charge is 2.44. The van der Waals surface area contributed by atoms with E-state index in [4.69, 9.17) is 14.2 Å². The van der Waals surface area contributed by atoms with Crippen LogP contribution in [0.2, 0.25) is 0 Å². The fourth-order valence-electron chi connectivity index (χ4n) is 6.21. The second kappa shape index (κ2) is 12.1. The Hall–Kier alpha value is -4.47. The molecule has 1 aliphatic heterocycles. The van der Waals surface area contributed by atoms with Gasteiger partial charge < -0.3 is 14.2 Å². The Morgan fingerprint density at radius 3 is 2.36 bits per heavy atom. The van der Waals surface area contributed by atoms with E-state index < -0.39 is 26.4 Å². The van der Waals surface area contributed by atoms with E-state index in [1.807, 2.05) is 63.3 Å². The number of Topliss-reactive ketones (excluding diaryl/α,β-unsaturated/α-hetero) is 1. The molecule has 1 heterocycles. The lowest BCUT2D eigenvalue weighted by Gasteiger charge is -2.38. The van der Waals surface area contributed by atoms with E-state index >= 15 is 0 Å². The number of rotatable bonds is 10. The molecular weight excluding hydrogens is 592 g/mol. The Balaban J connectivity index is 1.52. The first kappa shape index (κ1) is 31.9. The number of benzene rings is 3. The number of fused-ring (bicyclic) bond motifs is 1. The largest absolute Gasteiger partial charge is 0.492 e. The van der Waals surface area contributed by atoms with Crippen molar-refractivity contribution in [2.24, 2.45) is 0 Å². The standard InChI is InChI=1S/C36H36O8S/c1-23-19-36(5,34(24(2)33(23)45(39,40)41)43-21-25-11-7-6-8-12-25)29-14-10-9-13-27(29)30(38)22-42-32-26(20-37)15-16-31-28(32)17-18-35(3,4)44-31/h6-20,33H,21-22H2,1-5H3,(H,39,40,41). The van der Waals surface area contributed by atoms with Crippen molar-refractivity contribution in [1.29, 1.82) is 0 Å². The van der Waals surface area contributed by atoms with Gasteiger partial charge in [0.2, 0.25) is 5.78 Å². The van der Waals surface area contributed by atoms with E-state index in [-0.39, 0.29) is 30.3 Å². The van der Waals surface area contributed by atoms with E-state index in [9.17, 15) is 22.6 Å². The summed E-state index contributed by atoms with van der Waals surface area (Å²) in [6.07, 6.45) is 6.09. The van der Waals surface area contributed by atoms with Crippen molar-refractivity contribution in [1.82, 2.24) is 0 Å². The molecule has 2 aliphatic rings. The van der Waals surface area contributed by atoms with Crippen molar-refractivity contribution in [3.63, 3.8) is 0 Å². The minimum Gasteiger partial charge on any atom is -0.492 e. The molecule has 3 aromatic rings. The Bertz CT molecular complexity index is 1850. The predicted molar refractivity (Wildman–Crippen MR) is 172 cm³/mol. The Kier molecular flexibility index (Phi) is 8.62. The molecule has 0 saturated carbocycles. The highest BCUT2D eigenvalue weighted by Crippen LogP contribution is 2.45. The lowest BCUT2D eigenvalue weighted by atomic mass is 9.71. The molecule has 9 heteroatoms. The molecule has 5 rings (SSSR count). The second-order valence-corrected chi connectivity index (χ2v) is 13.6. The van der Waals surface area contributed by atoms with E-state index in [1.54, 1.807) is 56.3 Å². The minimum absolute atomic E-state index is 0.146. The minimum atomic E-state index is -4.50. The van der Waals surface area contributed by atoms with Crippen molar-refractivity contribution in [2.75, 3.05) is 6.61 Å². The number of hydrogen-bond donors (Lipinski definition) is 1. The van der Waals surface area contributed by atoms with Crippen LogP contribution in [0, 0.1) is 0 Å². The van der Waals surface area contributed by atoms with E-state index in [0.717, 1.165) is 5.56 Å². The highest BCUT2D eigenvalue weighted by molar-refractivity contribution is 7.86. The van der Waals surface area contributed by atoms with Gasteiger partial charge in [-0.3, -0.25) is 14.1 Å². The van der Waals surface area contributed by atoms with Crippen LogP contribution in [0.1, 0.15) is 72.0 Å².